The van der Waals surface area contributed by atoms with Gasteiger partial charge in [0.1, 0.15) is 12.4 Å². The van der Waals surface area contributed by atoms with Crippen molar-refractivity contribution >= 4 is 10.8 Å². The molecule has 2 atom stereocenters. The SMILES string of the molecule is C=CCOC1(c2cccc(OCc3ccc4ccccc4c3)c2)CCOC(CC)C1. The van der Waals surface area contributed by atoms with Crippen LogP contribution in [0.3, 0.4) is 0 Å². The molecule has 3 nitrogen and oxygen atoms in total. The van der Waals surface area contributed by atoms with Gasteiger partial charge >= 0.3 is 0 Å². The van der Waals surface area contributed by atoms with Gasteiger partial charge in [0.2, 0.25) is 0 Å². The molecular weight excluding hydrogens is 372 g/mol. The van der Waals surface area contributed by atoms with Crippen LogP contribution < -0.4 is 4.74 Å². The van der Waals surface area contributed by atoms with E-state index in [0.29, 0.717) is 19.8 Å². The summed E-state index contributed by atoms with van der Waals surface area (Å²) >= 11 is 0. The second kappa shape index (κ2) is 9.46. The van der Waals surface area contributed by atoms with Crippen LogP contribution in [0.4, 0.5) is 0 Å². The minimum absolute atomic E-state index is 0.214. The fourth-order valence-electron chi connectivity index (χ4n) is 4.24. The smallest absolute Gasteiger partial charge is 0.120 e. The summed E-state index contributed by atoms with van der Waals surface area (Å²) in [5, 5.41) is 2.48. The van der Waals surface area contributed by atoms with Crippen molar-refractivity contribution in [3.63, 3.8) is 0 Å². The Morgan fingerprint density at radius 3 is 2.77 bits per heavy atom. The standard InChI is InChI=1S/C27H30O3/c1-3-15-30-27(14-16-28-25(4-2)19-27)24-10-7-11-26(18-24)29-20-21-12-13-22-8-5-6-9-23(22)17-21/h3,5-13,17-18,25H,1,4,14-16,19-20H2,2H3. The van der Waals surface area contributed by atoms with Gasteiger partial charge in [-0.1, -0.05) is 61.5 Å². The summed E-state index contributed by atoms with van der Waals surface area (Å²) in [7, 11) is 0. The second-order valence-corrected chi connectivity index (χ2v) is 7.95. The van der Waals surface area contributed by atoms with E-state index >= 15 is 0 Å². The Bertz CT molecular complexity index is 996. The molecule has 0 N–H and O–H groups in total. The minimum atomic E-state index is -0.352. The summed E-state index contributed by atoms with van der Waals surface area (Å²) in [4.78, 5) is 0. The van der Waals surface area contributed by atoms with Crippen LogP contribution in [0, 0.1) is 0 Å². The summed E-state index contributed by atoms with van der Waals surface area (Å²) in [5.41, 5.74) is 1.96. The quantitative estimate of drug-likeness (QED) is 0.408. The van der Waals surface area contributed by atoms with E-state index in [1.807, 2.05) is 12.1 Å². The lowest BCUT2D eigenvalue weighted by Crippen LogP contribution is -2.40. The van der Waals surface area contributed by atoms with Crippen LogP contribution in [-0.4, -0.2) is 19.3 Å². The number of hydrogen-bond acceptors (Lipinski definition) is 3. The zero-order chi connectivity index (χ0) is 20.8. The normalized spacial score (nSPS) is 21.4. The molecule has 1 saturated heterocycles. The van der Waals surface area contributed by atoms with Gasteiger partial charge in [-0.15, -0.1) is 6.58 Å². The molecule has 1 fully saturated rings. The molecule has 0 aromatic heterocycles. The second-order valence-electron chi connectivity index (χ2n) is 7.95. The highest BCUT2D eigenvalue weighted by molar-refractivity contribution is 5.82. The summed E-state index contributed by atoms with van der Waals surface area (Å²) in [6.07, 6.45) is 4.71. The van der Waals surface area contributed by atoms with E-state index < -0.39 is 0 Å². The van der Waals surface area contributed by atoms with E-state index in [0.717, 1.165) is 36.1 Å². The zero-order valence-electron chi connectivity index (χ0n) is 17.7. The lowest BCUT2D eigenvalue weighted by molar-refractivity contribution is -0.138. The number of benzene rings is 3. The van der Waals surface area contributed by atoms with Gasteiger partial charge in [0, 0.05) is 12.8 Å². The summed E-state index contributed by atoms with van der Waals surface area (Å²) in [6.45, 7) is 7.76. The molecule has 156 valence electrons. The van der Waals surface area contributed by atoms with Crippen molar-refractivity contribution in [2.45, 2.75) is 44.5 Å². The maximum absolute atomic E-state index is 6.35. The van der Waals surface area contributed by atoms with Gasteiger partial charge in [0.25, 0.3) is 0 Å². The van der Waals surface area contributed by atoms with Crippen LogP contribution in [0.25, 0.3) is 10.8 Å². The van der Waals surface area contributed by atoms with Crippen LogP contribution in [0.1, 0.15) is 37.3 Å². The Balaban J connectivity index is 1.53. The third kappa shape index (κ3) is 4.58. The van der Waals surface area contributed by atoms with E-state index in [-0.39, 0.29) is 11.7 Å². The first-order chi connectivity index (χ1) is 14.7. The number of hydrogen-bond donors (Lipinski definition) is 0. The molecule has 2 unspecified atom stereocenters. The molecule has 3 aromatic carbocycles. The van der Waals surface area contributed by atoms with Crippen LogP contribution in [0.2, 0.25) is 0 Å². The average molecular weight is 403 g/mol. The van der Waals surface area contributed by atoms with Gasteiger partial charge in [0.15, 0.2) is 0 Å². The van der Waals surface area contributed by atoms with E-state index in [9.17, 15) is 0 Å². The van der Waals surface area contributed by atoms with Gasteiger partial charge in [-0.2, -0.15) is 0 Å². The summed E-state index contributed by atoms with van der Waals surface area (Å²) in [6, 6.07) is 23.2. The van der Waals surface area contributed by atoms with E-state index in [1.165, 1.54) is 10.8 Å². The molecule has 4 rings (SSSR count). The fraction of sp³-hybridized carbons (Fsp3) is 0.333. The Labute approximate surface area is 179 Å². The molecule has 3 aromatic rings. The van der Waals surface area contributed by atoms with Crippen LogP contribution >= 0.6 is 0 Å². The first-order valence-corrected chi connectivity index (χ1v) is 10.8. The molecule has 0 aliphatic carbocycles. The van der Waals surface area contributed by atoms with Gasteiger partial charge in [-0.25, -0.2) is 0 Å². The van der Waals surface area contributed by atoms with Crippen LogP contribution in [0.15, 0.2) is 79.4 Å². The zero-order valence-corrected chi connectivity index (χ0v) is 17.7. The van der Waals surface area contributed by atoms with Gasteiger partial charge in [0.05, 0.1) is 24.9 Å². The first-order valence-electron chi connectivity index (χ1n) is 10.8. The Kier molecular flexibility index (Phi) is 6.51. The van der Waals surface area contributed by atoms with Crippen molar-refractivity contribution < 1.29 is 14.2 Å². The number of fused-ring (bicyclic) bond motifs is 1. The monoisotopic (exact) mass is 402 g/mol. The van der Waals surface area contributed by atoms with E-state index in [1.54, 1.807) is 0 Å². The predicted octanol–water partition coefficient (Wildman–Crippen LogP) is 6.41. The molecule has 0 spiro atoms. The minimum Gasteiger partial charge on any atom is -0.489 e. The van der Waals surface area contributed by atoms with Gasteiger partial charge < -0.3 is 14.2 Å². The van der Waals surface area contributed by atoms with Crippen molar-refractivity contribution in [1.29, 1.82) is 0 Å². The molecule has 0 saturated carbocycles. The lowest BCUT2D eigenvalue weighted by atomic mass is 9.82. The largest absolute Gasteiger partial charge is 0.489 e. The Morgan fingerprint density at radius 2 is 1.93 bits per heavy atom. The highest BCUT2D eigenvalue weighted by atomic mass is 16.5. The summed E-state index contributed by atoms with van der Waals surface area (Å²) < 4.78 is 18.4. The molecule has 3 heteroatoms. The van der Waals surface area contributed by atoms with Crippen molar-refractivity contribution in [3.05, 3.63) is 90.5 Å². The maximum atomic E-state index is 6.35. The lowest BCUT2D eigenvalue weighted by Gasteiger charge is -2.41. The third-order valence-electron chi connectivity index (χ3n) is 5.93. The number of ether oxygens (including phenoxy) is 3. The van der Waals surface area contributed by atoms with Crippen molar-refractivity contribution in [1.82, 2.24) is 0 Å². The first kappa shape index (κ1) is 20.6. The van der Waals surface area contributed by atoms with Gasteiger partial charge in [-0.3, -0.25) is 0 Å². The molecule has 0 radical (unpaired) electrons. The predicted molar refractivity (Wildman–Crippen MR) is 122 cm³/mol. The topological polar surface area (TPSA) is 27.7 Å². The van der Waals surface area contributed by atoms with Crippen molar-refractivity contribution in [2.75, 3.05) is 13.2 Å². The molecule has 0 amide bonds. The van der Waals surface area contributed by atoms with Gasteiger partial charge in [-0.05, 0) is 46.5 Å². The summed E-state index contributed by atoms with van der Waals surface area (Å²) in [5.74, 6) is 0.863. The molecular formula is C27H30O3. The highest BCUT2D eigenvalue weighted by Crippen LogP contribution is 2.40. The van der Waals surface area contributed by atoms with Crippen molar-refractivity contribution in [2.24, 2.45) is 0 Å². The van der Waals surface area contributed by atoms with E-state index in [2.05, 4.69) is 74.2 Å². The van der Waals surface area contributed by atoms with Crippen LogP contribution in [0.5, 0.6) is 5.75 Å². The molecule has 30 heavy (non-hydrogen) atoms. The Morgan fingerprint density at radius 1 is 1.07 bits per heavy atom. The molecule has 1 heterocycles. The maximum Gasteiger partial charge on any atom is 0.120 e. The average Bonchev–Trinajstić information content (AvgIpc) is 2.81. The third-order valence-corrected chi connectivity index (χ3v) is 5.93. The molecule has 1 aliphatic heterocycles. The fourth-order valence-corrected chi connectivity index (χ4v) is 4.24. The Hall–Kier alpha value is -2.62. The number of rotatable bonds is 8. The van der Waals surface area contributed by atoms with Crippen LogP contribution in [-0.2, 0) is 21.7 Å². The van der Waals surface area contributed by atoms with Crippen molar-refractivity contribution in [3.8, 4) is 5.75 Å². The van der Waals surface area contributed by atoms with E-state index in [4.69, 9.17) is 14.2 Å². The molecule has 1 aliphatic rings. The highest BCUT2D eigenvalue weighted by Gasteiger charge is 2.39. The molecule has 0 bridgehead atoms.